The molecular formula is C2H4INaO2. The summed E-state index contributed by atoms with van der Waals surface area (Å²) in [5.74, 6) is -0.259. The number of hydrogen-bond donors (Lipinski definition) is 0. The minimum atomic E-state index is -0.259. The van der Waals surface area contributed by atoms with Gasteiger partial charge in [0.1, 0.15) is 0 Å². The zero-order chi connectivity index (χ0) is 4.28. The molecule has 0 aromatic carbocycles. The Kier molecular flexibility index (Phi) is 10.6. The summed E-state index contributed by atoms with van der Waals surface area (Å²) in [6.45, 7) is 1.35. The molecule has 0 aliphatic carbocycles. The molecular weight excluding hydrogens is 206 g/mol. The van der Waals surface area contributed by atoms with E-state index in [1.807, 2.05) is 0 Å². The second-order valence-electron chi connectivity index (χ2n) is 0.569. The van der Waals surface area contributed by atoms with E-state index >= 15 is 0 Å². The molecule has 32 valence electrons. The van der Waals surface area contributed by atoms with E-state index in [0.717, 1.165) is 0 Å². The van der Waals surface area contributed by atoms with Crippen molar-refractivity contribution in [2.24, 2.45) is 0 Å². The molecule has 0 aliphatic rings. The standard InChI is InChI=1S/C2H3IO2.Na.H/c1-2(4)5-3;;/h1H3;;/q;+1;-1. The van der Waals surface area contributed by atoms with Crippen LogP contribution in [0.5, 0.6) is 0 Å². The van der Waals surface area contributed by atoms with Gasteiger partial charge in [-0.1, -0.05) is 0 Å². The Hall–Kier alpha value is 1.20. The zero-order valence-electron chi connectivity index (χ0n) is 4.69. The summed E-state index contributed by atoms with van der Waals surface area (Å²) >= 11 is 1.53. The van der Waals surface area contributed by atoms with Crippen molar-refractivity contribution in [2.75, 3.05) is 0 Å². The van der Waals surface area contributed by atoms with Gasteiger partial charge in [-0.15, -0.1) is 0 Å². The quantitative estimate of drug-likeness (QED) is 0.342. The Morgan fingerprint density at radius 1 is 2.00 bits per heavy atom. The molecule has 0 radical (unpaired) electrons. The first kappa shape index (κ1) is 10.2. The maximum Gasteiger partial charge on any atom is 1.00 e. The summed E-state index contributed by atoms with van der Waals surface area (Å²) in [4.78, 5) is 9.58. The van der Waals surface area contributed by atoms with Crippen molar-refractivity contribution < 1.29 is 38.8 Å². The van der Waals surface area contributed by atoms with Gasteiger partial charge in [0, 0.05) is 6.92 Å². The Balaban J connectivity index is -0.0000000800. The normalized spacial score (nSPS) is 5.67. The van der Waals surface area contributed by atoms with Crippen LogP contribution in [0.3, 0.4) is 0 Å². The maximum atomic E-state index is 9.58. The molecule has 0 heterocycles. The second-order valence-corrected chi connectivity index (χ2v) is 1.01. The molecule has 0 N–H and O–H groups in total. The molecule has 0 bridgehead atoms. The van der Waals surface area contributed by atoms with E-state index in [1.165, 1.54) is 29.9 Å². The van der Waals surface area contributed by atoms with Crippen molar-refractivity contribution in [2.45, 2.75) is 6.92 Å². The predicted octanol–water partition coefficient (Wildman–Crippen LogP) is -1.98. The van der Waals surface area contributed by atoms with Crippen LogP contribution in [0, 0.1) is 0 Å². The minimum absolute atomic E-state index is 0. The van der Waals surface area contributed by atoms with Gasteiger partial charge in [-0.2, -0.15) is 0 Å². The van der Waals surface area contributed by atoms with Crippen molar-refractivity contribution >= 4 is 29.0 Å². The number of hydrogen-bond acceptors (Lipinski definition) is 2. The van der Waals surface area contributed by atoms with Crippen molar-refractivity contribution in [3.05, 3.63) is 0 Å². The smallest absolute Gasteiger partial charge is 1.00 e. The molecule has 2 nitrogen and oxygen atoms in total. The molecule has 0 aliphatic heterocycles. The van der Waals surface area contributed by atoms with E-state index < -0.39 is 0 Å². The number of carbonyl (C=O) groups is 1. The number of rotatable bonds is 0. The molecule has 0 aromatic rings. The van der Waals surface area contributed by atoms with Gasteiger partial charge in [0.15, 0.2) is 23.0 Å². The summed E-state index contributed by atoms with van der Waals surface area (Å²) < 4.78 is 4.08. The molecule has 0 aromatic heterocycles. The third-order valence-corrected chi connectivity index (χ3v) is 0.729. The zero-order valence-corrected chi connectivity index (χ0v) is 7.85. The maximum absolute atomic E-state index is 9.58. The van der Waals surface area contributed by atoms with Crippen molar-refractivity contribution in [3.8, 4) is 0 Å². The number of halogens is 1. The van der Waals surface area contributed by atoms with Gasteiger partial charge >= 0.3 is 35.5 Å². The molecule has 0 amide bonds. The first-order valence-electron chi connectivity index (χ1n) is 1.06. The Morgan fingerprint density at radius 2 is 2.17 bits per heavy atom. The van der Waals surface area contributed by atoms with Crippen molar-refractivity contribution in [1.82, 2.24) is 0 Å². The van der Waals surface area contributed by atoms with Crippen LogP contribution in [0.1, 0.15) is 8.35 Å². The van der Waals surface area contributed by atoms with Gasteiger partial charge in [0.2, 0.25) is 0 Å². The molecule has 0 saturated heterocycles. The molecule has 0 atom stereocenters. The van der Waals surface area contributed by atoms with Crippen LogP contribution in [0.15, 0.2) is 0 Å². The average Bonchev–Trinajstić information content (AvgIpc) is 1.38. The fraction of sp³-hybridized carbons (Fsp3) is 0.500. The van der Waals surface area contributed by atoms with Crippen molar-refractivity contribution in [1.29, 1.82) is 0 Å². The first-order chi connectivity index (χ1) is 2.27. The van der Waals surface area contributed by atoms with Gasteiger partial charge in [0.05, 0.1) is 0 Å². The third kappa shape index (κ3) is 8.96. The molecule has 4 heteroatoms. The molecule has 0 unspecified atom stereocenters. The third-order valence-electron chi connectivity index (χ3n) is 0.109. The number of carbonyl (C=O) groups excluding carboxylic acids is 1. The molecule has 0 spiro atoms. The van der Waals surface area contributed by atoms with Gasteiger partial charge in [-0.25, -0.2) is 0 Å². The summed E-state index contributed by atoms with van der Waals surface area (Å²) in [7, 11) is 0. The van der Waals surface area contributed by atoms with Crippen molar-refractivity contribution in [3.63, 3.8) is 0 Å². The molecule has 0 fully saturated rings. The summed E-state index contributed by atoms with van der Waals surface area (Å²) in [5, 5.41) is 0. The Bertz CT molecular complexity index is 51.0. The molecule has 0 saturated carbocycles. The van der Waals surface area contributed by atoms with Gasteiger partial charge < -0.3 is 4.49 Å². The Morgan fingerprint density at radius 3 is 2.17 bits per heavy atom. The van der Waals surface area contributed by atoms with Crippen LogP contribution in [0.25, 0.3) is 0 Å². The van der Waals surface area contributed by atoms with Crippen LogP contribution in [-0.2, 0) is 7.86 Å². The first-order valence-corrected chi connectivity index (χ1v) is 1.94. The van der Waals surface area contributed by atoms with E-state index in [9.17, 15) is 4.79 Å². The summed E-state index contributed by atoms with van der Waals surface area (Å²) in [6.07, 6.45) is 0. The summed E-state index contributed by atoms with van der Waals surface area (Å²) in [6, 6.07) is 0. The average molecular weight is 210 g/mol. The van der Waals surface area contributed by atoms with Crippen LogP contribution in [-0.4, -0.2) is 5.97 Å². The van der Waals surface area contributed by atoms with E-state index in [4.69, 9.17) is 0 Å². The monoisotopic (exact) mass is 210 g/mol. The topological polar surface area (TPSA) is 26.3 Å². The summed E-state index contributed by atoms with van der Waals surface area (Å²) in [5.41, 5.74) is 0. The largest absolute Gasteiger partial charge is 1.00 e. The van der Waals surface area contributed by atoms with Crippen LogP contribution in [0.2, 0.25) is 0 Å². The molecule has 6 heavy (non-hydrogen) atoms. The SMILES string of the molecule is CC(=O)OI.[H-].[Na+]. The fourth-order valence-electron chi connectivity index (χ4n) is 0. The minimum Gasteiger partial charge on any atom is -1.00 e. The van der Waals surface area contributed by atoms with E-state index in [0.29, 0.717) is 0 Å². The Labute approximate surface area is 74.1 Å². The van der Waals surface area contributed by atoms with E-state index in [1.54, 1.807) is 0 Å². The van der Waals surface area contributed by atoms with Crippen LogP contribution >= 0.6 is 23.0 Å². The van der Waals surface area contributed by atoms with Crippen LogP contribution in [0.4, 0.5) is 0 Å². The van der Waals surface area contributed by atoms with E-state index in [-0.39, 0.29) is 37.0 Å². The van der Waals surface area contributed by atoms with Gasteiger partial charge in [-0.3, -0.25) is 4.79 Å². The van der Waals surface area contributed by atoms with Crippen LogP contribution < -0.4 is 29.6 Å². The van der Waals surface area contributed by atoms with E-state index in [2.05, 4.69) is 3.07 Å². The second kappa shape index (κ2) is 6.20. The van der Waals surface area contributed by atoms with Gasteiger partial charge in [-0.05, 0) is 0 Å². The molecule has 0 rings (SSSR count). The van der Waals surface area contributed by atoms with Gasteiger partial charge in [0.25, 0.3) is 0 Å². The predicted molar refractivity (Wildman–Crippen MR) is 26.9 cm³/mol. The fourth-order valence-corrected chi connectivity index (χ4v) is 0.